The predicted octanol–water partition coefficient (Wildman–Crippen LogP) is 28.9. The van der Waals surface area contributed by atoms with E-state index >= 15 is 0 Å². The second-order valence-electron chi connectivity index (χ2n) is 32.2. The molecule has 0 saturated heterocycles. The lowest BCUT2D eigenvalue weighted by molar-refractivity contribution is 1.07. The molecule has 8 aromatic heterocycles. The number of fused-ring (bicyclic) bond motifs is 20. The molecule has 26 aromatic rings. The predicted molar refractivity (Wildman–Crippen MR) is 521 cm³/mol. The maximum atomic E-state index is 5.20. The van der Waals surface area contributed by atoms with Gasteiger partial charge in [0.1, 0.15) is 0 Å². The molecule has 0 aliphatic carbocycles. The van der Waals surface area contributed by atoms with E-state index in [-0.39, 0.29) is 0 Å². The number of nitrogens with zero attached hydrogens (tertiary/aromatic N) is 11. The highest BCUT2D eigenvalue weighted by Crippen LogP contribution is 2.47. The molecule has 0 atom stereocenters. The van der Waals surface area contributed by atoms with E-state index < -0.39 is 0 Å². The first kappa shape index (κ1) is 71.7. The van der Waals surface area contributed by atoms with Crippen LogP contribution in [0, 0.1) is 0 Å². The lowest BCUT2D eigenvalue weighted by atomic mass is 10.0. The minimum absolute atomic E-state index is 0.625. The summed E-state index contributed by atoms with van der Waals surface area (Å²) in [6, 6.07) is 158. The maximum absolute atomic E-state index is 5.20. The van der Waals surface area contributed by atoms with Gasteiger partial charge in [0.2, 0.25) is 0 Å². The molecule has 11 heteroatoms. The van der Waals surface area contributed by atoms with Gasteiger partial charge in [0.05, 0.1) is 77.6 Å². The van der Waals surface area contributed by atoms with Gasteiger partial charge in [-0.25, -0.2) is 24.9 Å². The van der Waals surface area contributed by atoms with Crippen molar-refractivity contribution in [3.05, 3.63) is 443 Å². The topological polar surface area (TPSA) is 94.0 Å². The van der Waals surface area contributed by atoms with Gasteiger partial charge in [-0.2, -0.15) is 0 Å². The van der Waals surface area contributed by atoms with Crippen LogP contribution in [-0.2, 0) is 0 Å². The van der Waals surface area contributed by atoms with Crippen LogP contribution in [0.4, 0.5) is 0 Å². The minimum atomic E-state index is 0.625. The third kappa shape index (κ3) is 11.6. The van der Waals surface area contributed by atoms with E-state index in [1.807, 2.05) is 84.9 Å². The van der Waals surface area contributed by atoms with Crippen LogP contribution in [0.25, 0.3) is 233 Å². The van der Waals surface area contributed by atoms with Crippen molar-refractivity contribution in [1.29, 1.82) is 0 Å². The summed E-state index contributed by atoms with van der Waals surface area (Å²) in [6.07, 6.45) is 0. The van der Waals surface area contributed by atoms with E-state index in [0.29, 0.717) is 23.3 Å². The number of aromatic nitrogens is 11. The van der Waals surface area contributed by atoms with E-state index in [1.54, 1.807) is 0 Å². The number of benzene rings is 18. The van der Waals surface area contributed by atoms with Crippen molar-refractivity contribution in [2.75, 3.05) is 0 Å². The third-order valence-electron chi connectivity index (χ3n) is 25.1. The van der Waals surface area contributed by atoms with Crippen molar-refractivity contribution in [2.45, 2.75) is 0 Å². The van der Waals surface area contributed by atoms with E-state index in [9.17, 15) is 0 Å². The highest BCUT2D eigenvalue weighted by Gasteiger charge is 2.27. The monoisotopic (exact) mass is 1610 g/mol. The first-order valence-corrected chi connectivity index (χ1v) is 42.7. The third-order valence-corrected chi connectivity index (χ3v) is 25.1. The van der Waals surface area contributed by atoms with Crippen LogP contribution < -0.4 is 0 Å². The van der Waals surface area contributed by atoms with Crippen molar-refractivity contribution >= 4 is 131 Å². The Hall–Kier alpha value is -17.2. The Bertz CT molecular complexity index is 8170. The molecule has 0 bridgehead atoms. The summed E-state index contributed by atoms with van der Waals surface area (Å²) in [4.78, 5) is 25.4. The molecule has 0 saturated carbocycles. The zero-order valence-electron chi connectivity index (χ0n) is 68.1. The van der Waals surface area contributed by atoms with Crippen molar-refractivity contribution in [1.82, 2.24) is 52.3 Å². The molecule has 588 valence electrons. The fraction of sp³-hybridized carbons (Fsp3) is 0. The zero-order valence-corrected chi connectivity index (χ0v) is 68.1. The fourth-order valence-corrected chi connectivity index (χ4v) is 19.6. The maximum Gasteiger partial charge on any atom is 0.164 e. The molecule has 8 heterocycles. The van der Waals surface area contributed by atoms with Gasteiger partial charge in [-0.3, -0.25) is 0 Å². The summed E-state index contributed by atoms with van der Waals surface area (Å²) < 4.78 is 14.5. The average Bonchev–Trinajstić information content (AvgIpc) is 1.55. The second-order valence-corrected chi connectivity index (χ2v) is 32.2. The quantitative estimate of drug-likeness (QED) is 0.121. The van der Waals surface area contributed by atoms with Gasteiger partial charge in [-0.05, 0) is 140 Å². The summed E-state index contributed by atoms with van der Waals surface area (Å²) in [7, 11) is 0. The normalized spacial score (nSPS) is 11.8. The summed E-state index contributed by atoms with van der Waals surface area (Å²) in [5.74, 6) is 2.60. The Morgan fingerprint density at radius 3 is 0.810 bits per heavy atom. The fourth-order valence-electron chi connectivity index (χ4n) is 19.6. The summed E-state index contributed by atoms with van der Waals surface area (Å²) >= 11 is 0. The highest BCUT2D eigenvalue weighted by atomic mass is 15.1. The van der Waals surface area contributed by atoms with Crippen LogP contribution in [0.15, 0.2) is 443 Å². The van der Waals surface area contributed by atoms with Gasteiger partial charge in [-0.1, -0.05) is 303 Å². The van der Waals surface area contributed by atoms with Crippen molar-refractivity contribution in [3.63, 3.8) is 0 Å². The molecule has 26 rings (SSSR count). The number of hydrogen-bond donors (Lipinski definition) is 0. The molecule has 0 spiro atoms. The van der Waals surface area contributed by atoms with E-state index in [1.165, 1.54) is 87.0 Å². The molecule has 0 aliphatic rings. The lowest BCUT2D eigenvalue weighted by Crippen LogP contribution is -2.00. The molecular weight excluding hydrogens is 1540 g/mol. The average molecular weight is 1610 g/mol. The summed E-state index contributed by atoms with van der Waals surface area (Å²) in [5.41, 5.74) is 28.3. The molecular formula is C115H73N11. The van der Waals surface area contributed by atoms with E-state index in [0.717, 1.165) is 123 Å². The van der Waals surface area contributed by atoms with E-state index in [2.05, 4.69) is 385 Å². The molecule has 126 heavy (non-hydrogen) atoms. The number of para-hydroxylation sites is 8. The smallest absolute Gasteiger partial charge is 0.164 e. The summed E-state index contributed by atoms with van der Waals surface area (Å²) in [6.45, 7) is 0. The van der Waals surface area contributed by atoms with Gasteiger partial charge in [-0.15, -0.1) is 0 Å². The Labute approximate surface area is 723 Å². The largest absolute Gasteiger partial charge is 0.309 e. The molecule has 11 nitrogen and oxygen atoms in total. The lowest BCUT2D eigenvalue weighted by Gasteiger charge is -2.11. The van der Waals surface area contributed by atoms with Gasteiger partial charge in [0.15, 0.2) is 23.3 Å². The second kappa shape index (κ2) is 29.3. The molecule has 0 N–H and O–H groups in total. The zero-order chi connectivity index (χ0) is 82.9. The van der Waals surface area contributed by atoms with Gasteiger partial charge < -0.3 is 27.4 Å². The van der Waals surface area contributed by atoms with Crippen molar-refractivity contribution in [2.24, 2.45) is 0 Å². The highest BCUT2D eigenvalue weighted by molar-refractivity contribution is 6.28. The molecule has 0 radical (unpaired) electrons. The number of hydrogen-bond acceptors (Lipinski definition) is 5. The van der Waals surface area contributed by atoms with Gasteiger partial charge in [0, 0.05) is 132 Å². The SMILES string of the molecule is c1ccc(-c2cc(-c3ccc4c5cc(-n6c7ccccc7c7c6ccc6c8ccccc8n(-c8ccccc8)c67)ccc5n(-c5ccccc5)c4c3)nc(-c3ccccc3)n2)cc1.c1ccc(-c2nc(-c3ccccc3)nc(-c3ccc4c5cc(-n6c7ccccc7c7c6ccc6c8ccccc8n(-c8ccccc8)c67)ccc5n(-c5ccccc5)c4c3)n2)cc1. The Morgan fingerprint density at radius 2 is 0.405 bits per heavy atom. The van der Waals surface area contributed by atoms with Crippen LogP contribution >= 0.6 is 0 Å². The standard InChI is InChI=1S/C58H37N5.C57H36N6/c1-5-17-38(18-6-1)49-37-50(60-58(59-49)39-19-7-2-8-20-39)40-29-31-45-48-36-43(30-33-53(48)61(55(45)35-40)41-21-9-3-10-22-41)62-52-28-16-14-26-47(52)56-54(62)34-32-46-44-25-13-15-27-51(44)63(57(46)56)42-23-11-4-12-24-42;1-5-17-37(18-6-1)55-58-56(38-19-7-2-8-20-38)60-57(59-55)39-29-31-44-47-36-42(30-33-50(47)61(52(44)35-39)40-21-9-3-10-22-40)62-49-28-16-14-26-46(49)53-51(62)34-32-45-43-25-13-15-27-48(43)63(54(45)53)41-23-11-4-12-24-41/h1-37H;1-36H. The van der Waals surface area contributed by atoms with Crippen LogP contribution in [0.1, 0.15) is 0 Å². The molecule has 0 fully saturated rings. The van der Waals surface area contributed by atoms with Crippen LogP contribution in [0.5, 0.6) is 0 Å². The van der Waals surface area contributed by atoms with E-state index in [4.69, 9.17) is 24.9 Å². The first-order chi connectivity index (χ1) is 62.5. The Morgan fingerprint density at radius 1 is 0.135 bits per heavy atom. The molecule has 0 unspecified atom stereocenters. The van der Waals surface area contributed by atoms with Crippen molar-refractivity contribution in [3.8, 4) is 102 Å². The molecule has 0 aliphatic heterocycles. The summed E-state index contributed by atoms with van der Waals surface area (Å²) in [5, 5.41) is 14.6. The van der Waals surface area contributed by atoms with Gasteiger partial charge in [0.25, 0.3) is 0 Å². The van der Waals surface area contributed by atoms with Gasteiger partial charge >= 0.3 is 0 Å². The number of rotatable bonds is 12. The Kier molecular flexibility index (Phi) is 16.7. The molecule has 18 aromatic carbocycles. The van der Waals surface area contributed by atoms with Crippen molar-refractivity contribution < 1.29 is 0 Å². The van der Waals surface area contributed by atoms with Crippen LogP contribution in [-0.4, -0.2) is 52.3 Å². The minimum Gasteiger partial charge on any atom is -0.309 e. The van der Waals surface area contributed by atoms with Crippen LogP contribution in [0.3, 0.4) is 0 Å². The van der Waals surface area contributed by atoms with Crippen LogP contribution in [0.2, 0.25) is 0 Å². The Balaban J connectivity index is 0.000000137. The molecule has 0 amide bonds. The first-order valence-electron chi connectivity index (χ1n) is 42.7.